The standard InChI is InChI=1S/C48H76N10O14/c1-9-26(7)36(50)45(68)57-39(27(8)10-2)46(69)53-31(22-35(61)62)42(65)51-29(18-19-34(49)60)40(63)55-37(24(3)4)47(70)58-20-14-17-33(58)44(67)52-30(21-28-15-12-11-13-16-28)41(64)54-32(23-59)43(66)56-38(25(5)6)48(71)72/h11-13,15-16,24-27,29-33,36-39,59H,9-10,14,17-23,50H2,1-8H3,(H2,49,60)(H,51,65)(H,52,67)(H,53,69)(H,54,64)(H,55,63)(H,56,66)(H,57,68)(H,61,62)(H,71,72)/t26-,27-,29-,30-,31-,32-,33-,36-,37-,38-,39-/m0/s1. The molecule has 14 N–H and O–H groups in total. The maximum atomic E-state index is 14.4. The Labute approximate surface area is 419 Å². The summed E-state index contributed by atoms with van der Waals surface area (Å²) in [6.07, 6.45) is -0.536. The maximum Gasteiger partial charge on any atom is 0.326 e. The zero-order chi connectivity index (χ0) is 54.6. The molecule has 9 amide bonds. The van der Waals surface area contributed by atoms with E-state index in [1.54, 1.807) is 78.8 Å². The Morgan fingerprint density at radius 2 is 1.15 bits per heavy atom. The second-order valence-corrected chi connectivity index (χ2v) is 19.0. The van der Waals surface area contributed by atoms with Gasteiger partial charge in [0, 0.05) is 19.4 Å². The van der Waals surface area contributed by atoms with Crippen LogP contribution in [0.4, 0.5) is 0 Å². The fourth-order valence-electron chi connectivity index (χ4n) is 7.75. The SMILES string of the molecule is CC[C@H](C)[C@H](N)C(=O)N[C@H](C(=O)N[C@@H](CC(=O)O)C(=O)N[C@@H](CCC(N)=O)C(=O)N[C@H](C(=O)N1CCC[C@H]1C(=O)N[C@@H](Cc1ccccc1)C(=O)N[C@@H](CO)C(=O)N[C@H](C(=O)O)C(C)C)C(C)C)[C@@H](C)CC. The molecule has 0 spiro atoms. The van der Waals surface area contributed by atoms with Crippen LogP contribution in [-0.2, 0) is 59.2 Å². The second kappa shape index (κ2) is 29.6. The van der Waals surface area contributed by atoms with Crippen molar-refractivity contribution in [3.05, 3.63) is 35.9 Å². The van der Waals surface area contributed by atoms with Gasteiger partial charge in [-0.25, -0.2) is 4.79 Å². The molecule has 0 aromatic heterocycles. The van der Waals surface area contributed by atoms with Gasteiger partial charge in [0.2, 0.25) is 53.2 Å². The van der Waals surface area contributed by atoms with E-state index in [9.17, 15) is 68.1 Å². The summed E-state index contributed by atoms with van der Waals surface area (Å²) < 4.78 is 0. The summed E-state index contributed by atoms with van der Waals surface area (Å²) in [4.78, 5) is 147. The van der Waals surface area contributed by atoms with E-state index in [-0.39, 0.29) is 25.3 Å². The molecule has 24 nitrogen and oxygen atoms in total. The first-order chi connectivity index (χ1) is 33.8. The highest BCUT2D eigenvalue weighted by Crippen LogP contribution is 2.22. The number of nitrogens with zero attached hydrogens (tertiary/aromatic N) is 1. The number of aliphatic hydroxyl groups is 1. The minimum Gasteiger partial charge on any atom is -0.481 e. The zero-order valence-electron chi connectivity index (χ0n) is 42.4. The molecular weight excluding hydrogens is 941 g/mol. The number of hydrogen-bond acceptors (Lipinski definition) is 13. The minimum atomic E-state index is -1.80. The first-order valence-corrected chi connectivity index (χ1v) is 24.3. The molecule has 72 heavy (non-hydrogen) atoms. The Hall–Kier alpha value is -6.69. The van der Waals surface area contributed by atoms with Crippen molar-refractivity contribution >= 4 is 65.1 Å². The maximum absolute atomic E-state index is 14.4. The van der Waals surface area contributed by atoms with Crippen molar-refractivity contribution in [1.29, 1.82) is 0 Å². The highest BCUT2D eigenvalue weighted by atomic mass is 16.4. The van der Waals surface area contributed by atoms with Crippen LogP contribution in [0.25, 0.3) is 0 Å². The first-order valence-electron chi connectivity index (χ1n) is 24.3. The van der Waals surface area contributed by atoms with Crippen LogP contribution in [0.3, 0.4) is 0 Å². The van der Waals surface area contributed by atoms with Gasteiger partial charge in [-0.3, -0.25) is 47.9 Å². The lowest BCUT2D eigenvalue weighted by Gasteiger charge is -2.32. The number of nitrogens with one attached hydrogen (secondary N) is 7. The number of carboxylic acid groups (broad SMARTS) is 2. The van der Waals surface area contributed by atoms with Crippen LogP contribution in [0.5, 0.6) is 0 Å². The van der Waals surface area contributed by atoms with Crippen LogP contribution < -0.4 is 48.7 Å². The Morgan fingerprint density at radius 3 is 1.68 bits per heavy atom. The number of aliphatic carboxylic acids is 2. The van der Waals surface area contributed by atoms with Crippen LogP contribution in [-0.4, -0.2) is 153 Å². The monoisotopic (exact) mass is 1020 g/mol. The summed E-state index contributed by atoms with van der Waals surface area (Å²) in [6, 6.07) is -3.99. The van der Waals surface area contributed by atoms with Gasteiger partial charge in [-0.15, -0.1) is 0 Å². The van der Waals surface area contributed by atoms with E-state index in [2.05, 4.69) is 37.2 Å². The van der Waals surface area contributed by atoms with Crippen LogP contribution in [0.1, 0.15) is 106 Å². The largest absolute Gasteiger partial charge is 0.481 e. The highest BCUT2D eigenvalue weighted by Gasteiger charge is 2.42. The number of carbonyl (C=O) groups excluding carboxylic acids is 9. The third kappa shape index (κ3) is 18.8. The molecule has 0 unspecified atom stereocenters. The number of likely N-dealkylation sites (tertiary alicyclic amines) is 1. The molecule has 1 saturated heterocycles. The van der Waals surface area contributed by atoms with Gasteiger partial charge in [0.05, 0.1) is 19.1 Å². The quantitative estimate of drug-likeness (QED) is 0.0403. The molecule has 0 radical (unpaired) electrons. The van der Waals surface area contributed by atoms with Crippen molar-refractivity contribution in [2.24, 2.45) is 35.1 Å². The van der Waals surface area contributed by atoms with E-state index in [1.807, 2.05) is 6.92 Å². The minimum absolute atomic E-state index is 0.0407. The average molecular weight is 1020 g/mol. The molecule has 1 aliphatic rings. The lowest BCUT2D eigenvalue weighted by molar-refractivity contribution is -0.144. The fourth-order valence-corrected chi connectivity index (χ4v) is 7.75. The summed E-state index contributed by atoms with van der Waals surface area (Å²) in [5.74, 6) is -12.7. The number of amides is 9. The third-order valence-corrected chi connectivity index (χ3v) is 12.7. The molecule has 0 aliphatic carbocycles. The van der Waals surface area contributed by atoms with Gasteiger partial charge in [-0.05, 0) is 48.5 Å². The molecule has 0 saturated carbocycles. The van der Waals surface area contributed by atoms with E-state index in [1.165, 1.54) is 4.90 Å². The predicted octanol–water partition coefficient (Wildman–Crippen LogP) is -1.84. The Balaban J connectivity index is 2.39. The third-order valence-electron chi connectivity index (χ3n) is 12.7. The number of nitrogens with two attached hydrogens (primary N) is 2. The van der Waals surface area contributed by atoms with E-state index >= 15 is 0 Å². The summed E-state index contributed by atoms with van der Waals surface area (Å²) in [5.41, 5.74) is 12.1. The van der Waals surface area contributed by atoms with Crippen LogP contribution in [0.2, 0.25) is 0 Å². The predicted molar refractivity (Wildman–Crippen MR) is 260 cm³/mol. The number of primary amides is 1. The second-order valence-electron chi connectivity index (χ2n) is 19.0. The molecule has 1 fully saturated rings. The lowest BCUT2D eigenvalue weighted by Crippen LogP contribution is -2.61. The fraction of sp³-hybridized carbons (Fsp3) is 0.646. The van der Waals surface area contributed by atoms with Crippen molar-refractivity contribution in [3.8, 4) is 0 Å². The molecular formula is C48H76N10O14. The van der Waals surface area contributed by atoms with Gasteiger partial charge in [0.25, 0.3) is 0 Å². The van der Waals surface area contributed by atoms with Crippen LogP contribution in [0.15, 0.2) is 30.3 Å². The van der Waals surface area contributed by atoms with Gasteiger partial charge in [-0.2, -0.15) is 0 Å². The van der Waals surface area contributed by atoms with Crippen molar-refractivity contribution < 1.29 is 68.1 Å². The van der Waals surface area contributed by atoms with Gasteiger partial charge >= 0.3 is 11.9 Å². The van der Waals surface area contributed by atoms with Gasteiger partial charge in [-0.1, -0.05) is 98.6 Å². The number of aliphatic hydroxyl groups excluding tert-OH is 1. The Bertz CT molecular complexity index is 2070. The molecule has 0 bridgehead atoms. The van der Waals surface area contributed by atoms with E-state index in [4.69, 9.17) is 11.5 Å². The van der Waals surface area contributed by atoms with E-state index in [0.717, 1.165) is 0 Å². The van der Waals surface area contributed by atoms with Gasteiger partial charge < -0.3 is 68.9 Å². The van der Waals surface area contributed by atoms with Crippen molar-refractivity contribution in [1.82, 2.24) is 42.1 Å². The molecule has 11 atom stereocenters. The number of carbonyl (C=O) groups is 11. The Morgan fingerprint density at radius 1 is 0.639 bits per heavy atom. The van der Waals surface area contributed by atoms with Gasteiger partial charge in [0.1, 0.15) is 48.3 Å². The molecule has 1 heterocycles. The number of hydrogen-bond donors (Lipinski definition) is 12. The van der Waals surface area contributed by atoms with E-state index in [0.29, 0.717) is 24.8 Å². The molecule has 24 heteroatoms. The molecule has 2 rings (SSSR count). The van der Waals surface area contributed by atoms with Crippen LogP contribution >= 0.6 is 0 Å². The van der Waals surface area contributed by atoms with Crippen molar-refractivity contribution in [3.63, 3.8) is 0 Å². The summed E-state index contributed by atoms with van der Waals surface area (Å²) >= 11 is 0. The summed E-state index contributed by atoms with van der Waals surface area (Å²) in [5, 5.41) is 46.7. The summed E-state index contributed by atoms with van der Waals surface area (Å²) in [7, 11) is 0. The van der Waals surface area contributed by atoms with Crippen molar-refractivity contribution in [2.75, 3.05) is 13.2 Å². The smallest absolute Gasteiger partial charge is 0.326 e. The summed E-state index contributed by atoms with van der Waals surface area (Å²) in [6.45, 7) is 12.4. The number of benzene rings is 1. The average Bonchev–Trinajstić information content (AvgIpc) is 3.83. The lowest BCUT2D eigenvalue weighted by atomic mass is 9.95. The Kier molecular flexibility index (Phi) is 25.3. The topological polar surface area (TPSA) is 388 Å². The van der Waals surface area contributed by atoms with Crippen LogP contribution in [0, 0.1) is 23.7 Å². The normalized spacial score (nSPS) is 17.6. The number of rotatable bonds is 30. The zero-order valence-corrected chi connectivity index (χ0v) is 42.4. The van der Waals surface area contributed by atoms with E-state index < -0.39 is 163 Å². The molecule has 1 aromatic rings. The van der Waals surface area contributed by atoms with Crippen molar-refractivity contribution in [2.45, 2.75) is 161 Å². The van der Waals surface area contributed by atoms with Gasteiger partial charge in [0.15, 0.2) is 0 Å². The molecule has 402 valence electrons. The molecule has 1 aromatic carbocycles. The molecule has 1 aliphatic heterocycles. The first kappa shape index (κ1) is 61.4. The highest BCUT2D eigenvalue weighted by molar-refractivity contribution is 5.99. The number of carboxylic acids is 2.